The van der Waals surface area contributed by atoms with Crippen molar-refractivity contribution in [3.63, 3.8) is 0 Å². The third kappa shape index (κ3) is 1.47. The molecular weight excluding hydrogens is 260 g/mol. The van der Waals surface area contributed by atoms with Gasteiger partial charge in [-0.15, -0.1) is 0 Å². The normalized spacial score (nSPS) is 20.5. The molecule has 1 aromatic carbocycles. The van der Waals surface area contributed by atoms with Crippen LogP contribution < -0.4 is 0 Å². The number of aliphatic hydroxyl groups is 1. The molecule has 5 heteroatoms. The summed E-state index contributed by atoms with van der Waals surface area (Å²) in [7, 11) is 0. The van der Waals surface area contributed by atoms with Crippen LogP contribution in [0.25, 0.3) is 0 Å². The molecule has 0 heterocycles. The third-order valence-corrected chi connectivity index (χ3v) is 3.80. The van der Waals surface area contributed by atoms with Crippen molar-refractivity contribution in [3.8, 4) is 11.5 Å². The zero-order valence-electron chi connectivity index (χ0n) is 10.7. The molecule has 3 N–H and O–H groups in total. The van der Waals surface area contributed by atoms with Gasteiger partial charge in [0, 0.05) is 11.1 Å². The zero-order valence-corrected chi connectivity index (χ0v) is 10.7. The van der Waals surface area contributed by atoms with Crippen molar-refractivity contribution in [2.24, 2.45) is 0 Å². The summed E-state index contributed by atoms with van der Waals surface area (Å²) in [6.07, 6.45) is 3.02. The van der Waals surface area contributed by atoms with Gasteiger partial charge in [0.25, 0.3) is 0 Å². The van der Waals surface area contributed by atoms with E-state index in [2.05, 4.69) is 0 Å². The van der Waals surface area contributed by atoms with E-state index in [0.717, 1.165) is 12.2 Å². The summed E-state index contributed by atoms with van der Waals surface area (Å²) in [5.74, 6) is -1.85. The first-order valence-electron chi connectivity index (χ1n) is 6.15. The number of phenols is 2. The summed E-state index contributed by atoms with van der Waals surface area (Å²) < 4.78 is 0. The molecule has 5 nitrogen and oxygen atoms in total. The fraction of sp³-hybridized carbons (Fsp3) is 0.200. The fourth-order valence-corrected chi connectivity index (χ4v) is 2.69. The minimum Gasteiger partial charge on any atom is -0.507 e. The standard InChI is InChI=1S/C15H12O5/c1-6-2-3-7-10(13(6)18)15(20)12-9(17)5-4-8(16)11(12)14(7)19/h2,4-5,13,18-20H,3H2,1H3. The molecule has 0 spiro atoms. The second kappa shape index (κ2) is 4.05. The molecule has 2 aliphatic rings. The summed E-state index contributed by atoms with van der Waals surface area (Å²) >= 11 is 0. The molecule has 20 heavy (non-hydrogen) atoms. The van der Waals surface area contributed by atoms with Crippen LogP contribution in [-0.4, -0.2) is 26.9 Å². The number of aliphatic hydroxyl groups excluding tert-OH is 1. The van der Waals surface area contributed by atoms with Crippen LogP contribution in [-0.2, 0) is 6.42 Å². The van der Waals surface area contributed by atoms with Crippen molar-refractivity contribution in [3.05, 3.63) is 46.1 Å². The molecule has 3 rings (SSSR count). The van der Waals surface area contributed by atoms with Crippen molar-refractivity contribution >= 4 is 11.6 Å². The summed E-state index contributed by atoms with van der Waals surface area (Å²) in [4.78, 5) is 23.7. The molecular formula is C15H12O5. The van der Waals surface area contributed by atoms with Crippen LogP contribution in [0.15, 0.2) is 23.8 Å². The quantitative estimate of drug-likeness (QED) is 0.492. The first kappa shape index (κ1) is 12.6. The highest BCUT2D eigenvalue weighted by molar-refractivity contribution is 6.24. The molecule has 0 aliphatic heterocycles. The molecule has 0 amide bonds. The Kier molecular flexibility index (Phi) is 2.55. The van der Waals surface area contributed by atoms with Crippen molar-refractivity contribution in [1.82, 2.24) is 0 Å². The lowest BCUT2D eigenvalue weighted by Crippen LogP contribution is -2.18. The van der Waals surface area contributed by atoms with E-state index >= 15 is 0 Å². The Bertz CT molecular complexity index is 725. The molecule has 0 aromatic heterocycles. The number of ketones is 2. The predicted octanol–water partition coefficient (Wildman–Crippen LogP) is 1.57. The minimum atomic E-state index is -1.09. The lowest BCUT2D eigenvalue weighted by molar-refractivity contribution is 0.0988. The summed E-state index contributed by atoms with van der Waals surface area (Å²) in [5.41, 5.74) is 0.599. The maximum absolute atomic E-state index is 11.9. The maximum Gasteiger partial charge on any atom is 0.190 e. The number of aromatic hydroxyl groups is 2. The van der Waals surface area contributed by atoms with Crippen LogP contribution in [0.3, 0.4) is 0 Å². The monoisotopic (exact) mass is 272 g/mol. The molecule has 102 valence electrons. The lowest BCUT2D eigenvalue weighted by atomic mass is 9.81. The highest BCUT2D eigenvalue weighted by Crippen LogP contribution is 2.46. The zero-order chi connectivity index (χ0) is 14.6. The second-order valence-corrected chi connectivity index (χ2v) is 4.96. The van der Waals surface area contributed by atoms with Crippen molar-refractivity contribution in [2.75, 3.05) is 0 Å². The smallest absolute Gasteiger partial charge is 0.190 e. The first-order chi connectivity index (χ1) is 9.43. The van der Waals surface area contributed by atoms with Gasteiger partial charge in [0.05, 0.1) is 11.1 Å². The molecule has 0 saturated carbocycles. The van der Waals surface area contributed by atoms with E-state index in [0.29, 0.717) is 5.57 Å². The molecule has 0 fully saturated rings. The second-order valence-electron chi connectivity index (χ2n) is 4.96. The Morgan fingerprint density at radius 2 is 1.60 bits per heavy atom. The summed E-state index contributed by atoms with van der Waals surface area (Å²) in [6, 6.07) is 0. The van der Waals surface area contributed by atoms with Gasteiger partial charge in [0.2, 0.25) is 0 Å². The largest absolute Gasteiger partial charge is 0.507 e. The van der Waals surface area contributed by atoms with Gasteiger partial charge in [0.15, 0.2) is 11.6 Å². The van der Waals surface area contributed by atoms with Gasteiger partial charge in [-0.05, 0) is 31.1 Å². The summed E-state index contributed by atoms with van der Waals surface area (Å²) in [5, 5.41) is 30.6. The maximum atomic E-state index is 11.9. The lowest BCUT2D eigenvalue weighted by Gasteiger charge is -2.26. The van der Waals surface area contributed by atoms with E-state index < -0.39 is 23.4 Å². The Morgan fingerprint density at radius 1 is 1.05 bits per heavy atom. The minimum absolute atomic E-state index is 0.109. The number of rotatable bonds is 0. The Hall–Kier alpha value is -2.40. The number of carbonyl (C=O) groups excluding carboxylic acids is 2. The summed E-state index contributed by atoms with van der Waals surface area (Å²) in [6.45, 7) is 1.69. The van der Waals surface area contributed by atoms with Gasteiger partial charge in [-0.1, -0.05) is 6.08 Å². The number of allylic oxidation sites excluding steroid dienone is 3. The van der Waals surface area contributed by atoms with Crippen LogP contribution in [0.2, 0.25) is 0 Å². The van der Waals surface area contributed by atoms with Gasteiger partial charge >= 0.3 is 0 Å². The fourth-order valence-electron chi connectivity index (χ4n) is 2.69. The SMILES string of the molecule is CC1=CCc2c(O)c3c(c(O)c2C1O)C(=O)C=CC3=O. The van der Waals surface area contributed by atoms with E-state index in [1.165, 1.54) is 0 Å². The van der Waals surface area contributed by atoms with E-state index in [9.17, 15) is 24.9 Å². The van der Waals surface area contributed by atoms with Crippen LogP contribution in [0.4, 0.5) is 0 Å². The molecule has 0 radical (unpaired) electrons. The molecule has 2 aliphatic carbocycles. The molecule has 1 unspecified atom stereocenters. The van der Waals surface area contributed by atoms with Gasteiger partial charge in [-0.3, -0.25) is 9.59 Å². The Labute approximate surface area is 114 Å². The van der Waals surface area contributed by atoms with Gasteiger partial charge in [-0.2, -0.15) is 0 Å². The van der Waals surface area contributed by atoms with E-state index in [4.69, 9.17) is 0 Å². The van der Waals surface area contributed by atoms with Crippen LogP contribution in [0.5, 0.6) is 11.5 Å². The molecule has 1 atom stereocenters. The highest BCUT2D eigenvalue weighted by Gasteiger charge is 2.35. The molecule has 1 aromatic rings. The highest BCUT2D eigenvalue weighted by atomic mass is 16.3. The third-order valence-electron chi connectivity index (χ3n) is 3.80. The number of benzene rings is 1. The van der Waals surface area contributed by atoms with Crippen molar-refractivity contribution in [1.29, 1.82) is 0 Å². The van der Waals surface area contributed by atoms with Crippen LogP contribution >= 0.6 is 0 Å². The Balaban J connectivity index is 2.40. The van der Waals surface area contributed by atoms with Gasteiger partial charge in [-0.25, -0.2) is 0 Å². The Morgan fingerprint density at radius 3 is 2.20 bits per heavy atom. The van der Waals surface area contributed by atoms with Gasteiger partial charge in [0.1, 0.15) is 17.6 Å². The number of hydrogen-bond donors (Lipinski definition) is 3. The van der Waals surface area contributed by atoms with Crippen LogP contribution in [0.1, 0.15) is 44.9 Å². The van der Waals surface area contributed by atoms with Gasteiger partial charge < -0.3 is 15.3 Å². The number of phenolic OH excluding ortho intramolecular Hbond substituents is 2. The number of carbonyl (C=O) groups is 2. The van der Waals surface area contributed by atoms with Crippen LogP contribution in [0, 0.1) is 0 Å². The number of hydrogen-bond acceptors (Lipinski definition) is 5. The number of fused-ring (bicyclic) bond motifs is 2. The first-order valence-corrected chi connectivity index (χ1v) is 6.15. The van der Waals surface area contributed by atoms with E-state index in [1.807, 2.05) is 0 Å². The predicted molar refractivity (Wildman–Crippen MR) is 70.0 cm³/mol. The molecule has 0 saturated heterocycles. The van der Waals surface area contributed by atoms with E-state index in [1.54, 1.807) is 13.0 Å². The van der Waals surface area contributed by atoms with E-state index in [-0.39, 0.29) is 34.4 Å². The topological polar surface area (TPSA) is 94.8 Å². The molecule has 0 bridgehead atoms. The average molecular weight is 272 g/mol. The van der Waals surface area contributed by atoms with Crippen molar-refractivity contribution in [2.45, 2.75) is 19.4 Å². The van der Waals surface area contributed by atoms with Crippen molar-refractivity contribution < 1.29 is 24.9 Å². The average Bonchev–Trinajstić information content (AvgIpc) is 2.41.